The molecule has 98 valence electrons. The van der Waals surface area contributed by atoms with Gasteiger partial charge in [0.2, 0.25) is 0 Å². The van der Waals surface area contributed by atoms with Crippen molar-refractivity contribution in [1.29, 1.82) is 0 Å². The molecule has 0 spiro atoms. The predicted molar refractivity (Wildman–Crippen MR) is 74.8 cm³/mol. The maximum absolute atomic E-state index is 10.8. The molecule has 2 aromatic carbocycles. The van der Waals surface area contributed by atoms with Gasteiger partial charge in [-0.25, -0.2) is 4.79 Å². The Bertz CT molecular complexity index is 568. The predicted octanol–water partition coefficient (Wildman–Crippen LogP) is 2.26. The van der Waals surface area contributed by atoms with Crippen LogP contribution in [-0.2, 0) is 13.1 Å². The minimum Gasteiger partial charge on any atom is -0.478 e. The number of nitrogens with two attached hydrogens (primary N) is 1. The van der Waals surface area contributed by atoms with Crippen molar-refractivity contribution in [3.8, 4) is 0 Å². The summed E-state index contributed by atoms with van der Waals surface area (Å²) >= 11 is 0. The molecule has 0 heterocycles. The number of hydrogen-bond acceptors (Lipinski definition) is 3. The number of carboxylic acid groups (broad SMARTS) is 1. The van der Waals surface area contributed by atoms with Crippen LogP contribution >= 0.6 is 0 Å². The number of carbonyl (C=O) groups is 1. The van der Waals surface area contributed by atoms with E-state index in [-0.39, 0.29) is 5.56 Å². The highest BCUT2D eigenvalue weighted by molar-refractivity contribution is 5.88. The van der Waals surface area contributed by atoms with E-state index in [4.69, 9.17) is 10.8 Å². The normalized spacial score (nSPS) is 10.3. The van der Waals surface area contributed by atoms with Gasteiger partial charge in [-0.1, -0.05) is 36.4 Å². The van der Waals surface area contributed by atoms with Gasteiger partial charge in [0.05, 0.1) is 5.56 Å². The third kappa shape index (κ3) is 3.56. The SMILES string of the molecule is Nc1cc(C(=O)O)ccc1CNCc1ccccc1. The maximum Gasteiger partial charge on any atom is 0.335 e. The summed E-state index contributed by atoms with van der Waals surface area (Å²) in [5, 5.41) is 12.1. The van der Waals surface area contributed by atoms with Crippen LogP contribution in [-0.4, -0.2) is 11.1 Å². The van der Waals surface area contributed by atoms with E-state index in [1.54, 1.807) is 12.1 Å². The van der Waals surface area contributed by atoms with E-state index >= 15 is 0 Å². The Hall–Kier alpha value is -2.33. The van der Waals surface area contributed by atoms with Crippen LogP contribution in [0.1, 0.15) is 21.5 Å². The maximum atomic E-state index is 10.8. The second kappa shape index (κ2) is 6.02. The van der Waals surface area contributed by atoms with Gasteiger partial charge in [-0.2, -0.15) is 0 Å². The van der Waals surface area contributed by atoms with Crippen molar-refractivity contribution in [2.24, 2.45) is 0 Å². The molecule has 0 aliphatic heterocycles. The average molecular weight is 256 g/mol. The van der Waals surface area contributed by atoms with Crippen molar-refractivity contribution in [2.45, 2.75) is 13.1 Å². The second-order valence-corrected chi connectivity index (χ2v) is 4.31. The summed E-state index contributed by atoms with van der Waals surface area (Å²) in [7, 11) is 0. The number of rotatable bonds is 5. The van der Waals surface area contributed by atoms with Crippen molar-refractivity contribution in [3.05, 3.63) is 65.2 Å². The topological polar surface area (TPSA) is 75.4 Å². The van der Waals surface area contributed by atoms with Crippen LogP contribution in [0, 0.1) is 0 Å². The van der Waals surface area contributed by atoms with Crippen LogP contribution < -0.4 is 11.1 Å². The van der Waals surface area contributed by atoms with Crippen LogP contribution in [0.2, 0.25) is 0 Å². The zero-order valence-corrected chi connectivity index (χ0v) is 10.5. The third-order valence-corrected chi connectivity index (χ3v) is 2.88. The van der Waals surface area contributed by atoms with Crippen LogP contribution in [0.5, 0.6) is 0 Å². The molecular weight excluding hydrogens is 240 g/mol. The summed E-state index contributed by atoms with van der Waals surface area (Å²) in [6.45, 7) is 1.36. The number of carboxylic acids is 1. The molecule has 0 unspecified atom stereocenters. The van der Waals surface area contributed by atoms with Gasteiger partial charge in [0.15, 0.2) is 0 Å². The average Bonchev–Trinajstić information content (AvgIpc) is 2.41. The number of anilines is 1. The van der Waals surface area contributed by atoms with E-state index < -0.39 is 5.97 Å². The molecule has 2 aromatic rings. The third-order valence-electron chi connectivity index (χ3n) is 2.88. The number of nitrogens with one attached hydrogen (secondary N) is 1. The summed E-state index contributed by atoms with van der Waals surface area (Å²) in [5.41, 5.74) is 8.65. The standard InChI is InChI=1S/C15H16N2O2/c16-14-8-12(15(18)19)6-7-13(14)10-17-9-11-4-2-1-3-5-11/h1-8,17H,9-10,16H2,(H,18,19). The Morgan fingerprint density at radius 3 is 2.47 bits per heavy atom. The zero-order chi connectivity index (χ0) is 13.7. The molecule has 0 aliphatic carbocycles. The first kappa shape index (κ1) is 13.1. The van der Waals surface area contributed by atoms with E-state index in [0.29, 0.717) is 12.2 Å². The fourth-order valence-corrected chi connectivity index (χ4v) is 1.83. The Balaban J connectivity index is 1.95. The fraction of sp³-hybridized carbons (Fsp3) is 0.133. The summed E-state index contributed by atoms with van der Waals surface area (Å²) < 4.78 is 0. The molecule has 4 N–H and O–H groups in total. The van der Waals surface area contributed by atoms with Crippen LogP contribution in [0.4, 0.5) is 5.69 Å². The lowest BCUT2D eigenvalue weighted by Gasteiger charge is -2.08. The van der Waals surface area contributed by atoms with Gasteiger partial charge >= 0.3 is 5.97 Å². The molecule has 4 heteroatoms. The van der Waals surface area contributed by atoms with E-state index in [1.807, 2.05) is 30.3 Å². The minimum absolute atomic E-state index is 0.212. The molecule has 0 bridgehead atoms. The lowest BCUT2D eigenvalue weighted by molar-refractivity contribution is 0.0697. The molecule has 0 saturated carbocycles. The first-order valence-corrected chi connectivity index (χ1v) is 6.03. The van der Waals surface area contributed by atoms with Crippen molar-refractivity contribution < 1.29 is 9.90 Å². The monoisotopic (exact) mass is 256 g/mol. The summed E-state index contributed by atoms with van der Waals surface area (Å²) in [5.74, 6) is -0.963. The Labute approximate surface area is 111 Å². The largest absolute Gasteiger partial charge is 0.478 e. The van der Waals surface area contributed by atoms with Crippen molar-refractivity contribution in [2.75, 3.05) is 5.73 Å². The highest BCUT2D eigenvalue weighted by Crippen LogP contribution is 2.14. The van der Waals surface area contributed by atoms with Gasteiger partial charge in [-0.3, -0.25) is 0 Å². The summed E-state index contributed by atoms with van der Waals surface area (Å²) in [4.78, 5) is 10.8. The molecule has 0 fully saturated rings. The molecular formula is C15H16N2O2. The highest BCUT2D eigenvalue weighted by Gasteiger charge is 2.05. The molecule has 0 aliphatic rings. The van der Waals surface area contributed by atoms with E-state index in [0.717, 1.165) is 12.1 Å². The molecule has 0 amide bonds. The zero-order valence-electron chi connectivity index (χ0n) is 10.5. The fourth-order valence-electron chi connectivity index (χ4n) is 1.83. The number of benzene rings is 2. The first-order chi connectivity index (χ1) is 9.16. The first-order valence-electron chi connectivity index (χ1n) is 6.03. The second-order valence-electron chi connectivity index (χ2n) is 4.31. The summed E-state index contributed by atoms with van der Waals surface area (Å²) in [6.07, 6.45) is 0. The van der Waals surface area contributed by atoms with Crippen molar-refractivity contribution >= 4 is 11.7 Å². The Morgan fingerprint density at radius 2 is 1.84 bits per heavy atom. The van der Waals surface area contributed by atoms with Gasteiger partial charge in [-0.15, -0.1) is 0 Å². The van der Waals surface area contributed by atoms with E-state index in [1.165, 1.54) is 11.6 Å². The smallest absolute Gasteiger partial charge is 0.335 e. The van der Waals surface area contributed by atoms with Gasteiger partial charge in [-0.05, 0) is 23.3 Å². The molecule has 0 saturated heterocycles. The summed E-state index contributed by atoms with van der Waals surface area (Å²) in [6, 6.07) is 14.9. The van der Waals surface area contributed by atoms with Crippen LogP contribution in [0.15, 0.2) is 48.5 Å². The van der Waals surface area contributed by atoms with E-state index in [9.17, 15) is 4.79 Å². The highest BCUT2D eigenvalue weighted by atomic mass is 16.4. The van der Waals surface area contributed by atoms with Crippen LogP contribution in [0.25, 0.3) is 0 Å². The number of nitrogen functional groups attached to an aromatic ring is 1. The molecule has 0 radical (unpaired) electrons. The van der Waals surface area contributed by atoms with Gasteiger partial charge in [0.1, 0.15) is 0 Å². The van der Waals surface area contributed by atoms with Gasteiger partial charge < -0.3 is 16.2 Å². The Morgan fingerprint density at radius 1 is 1.11 bits per heavy atom. The quantitative estimate of drug-likeness (QED) is 0.717. The number of hydrogen-bond donors (Lipinski definition) is 3. The van der Waals surface area contributed by atoms with Crippen molar-refractivity contribution in [3.63, 3.8) is 0 Å². The lowest BCUT2D eigenvalue weighted by Crippen LogP contribution is -2.14. The molecule has 0 aromatic heterocycles. The van der Waals surface area contributed by atoms with Gasteiger partial charge in [0.25, 0.3) is 0 Å². The molecule has 19 heavy (non-hydrogen) atoms. The Kier molecular flexibility index (Phi) is 4.15. The van der Waals surface area contributed by atoms with Crippen molar-refractivity contribution in [1.82, 2.24) is 5.32 Å². The van der Waals surface area contributed by atoms with Gasteiger partial charge in [0, 0.05) is 18.8 Å². The van der Waals surface area contributed by atoms with Crippen LogP contribution in [0.3, 0.4) is 0 Å². The molecule has 4 nitrogen and oxygen atoms in total. The number of aromatic carboxylic acids is 1. The molecule has 0 atom stereocenters. The molecule has 2 rings (SSSR count). The van der Waals surface area contributed by atoms with E-state index in [2.05, 4.69) is 5.32 Å². The lowest BCUT2D eigenvalue weighted by atomic mass is 10.1. The minimum atomic E-state index is -0.963.